The van der Waals surface area contributed by atoms with E-state index in [0.717, 1.165) is 0 Å². The van der Waals surface area contributed by atoms with Crippen molar-refractivity contribution in [1.82, 2.24) is 0 Å². The third-order valence-corrected chi connectivity index (χ3v) is 2.27. The normalized spacial score (nSPS) is 12.1. The van der Waals surface area contributed by atoms with Crippen LogP contribution in [0.15, 0.2) is 18.2 Å². The van der Waals surface area contributed by atoms with E-state index in [9.17, 15) is 14.7 Å². The molecule has 1 aromatic carbocycles. The summed E-state index contributed by atoms with van der Waals surface area (Å²) in [5, 5.41) is 18.2. The van der Waals surface area contributed by atoms with Gasteiger partial charge in [0.15, 0.2) is 11.9 Å². The largest absolute Gasteiger partial charge is 0.479 e. The molecule has 0 saturated heterocycles. The van der Waals surface area contributed by atoms with Crippen molar-refractivity contribution in [2.45, 2.75) is 19.4 Å². The number of aliphatic hydroxyl groups is 1. The van der Waals surface area contributed by atoms with Crippen molar-refractivity contribution in [2.24, 2.45) is 0 Å². The van der Waals surface area contributed by atoms with Gasteiger partial charge in [-0.2, -0.15) is 0 Å². The summed E-state index contributed by atoms with van der Waals surface area (Å²) >= 11 is 0. The van der Waals surface area contributed by atoms with Crippen LogP contribution in [0.4, 0.5) is 5.69 Å². The quantitative estimate of drug-likeness (QED) is 0.521. The molecule has 0 aliphatic carbocycles. The van der Waals surface area contributed by atoms with Crippen LogP contribution >= 0.6 is 0 Å². The fourth-order valence-corrected chi connectivity index (χ4v) is 1.45. The molecule has 0 radical (unpaired) electrons. The van der Waals surface area contributed by atoms with Gasteiger partial charge in [-0.15, -0.1) is 0 Å². The molecule has 0 bridgehead atoms. The van der Waals surface area contributed by atoms with Crippen LogP contribution in [-0.4, -0.2) is 22.0 Å². The van der Waals surface area contributed by atoms with Crippen LogP contribution in [0.25, 0.3) is 0 Å². The molecule has 0 spiro atoms. The number of hydrogen-bond donors (Lipinski definition) is 3. The van der Waals surface area contributed by atoms with Crippen molar-refractivity contribution in [3.63, 3.8) is 0 Å². The maximum Gasteiger partial charge on any atom is 0.337 e. The minimum absolute atomic E-state index is 0.0261. The first-order valence-electron chi connectivity index (χ1n) is 4.81. The molecule has 1 aromatic rings. The smallest absolute Gasteiger partial charge is 0.337 e. The number of hydrogen-bond acceptors (Lipinski definition) is 4. The van der Waals surface area contributed by atoms with Gasteiger partial charge in [0.2, 0.25) is 0 Å². The first-order chi connectivity index (χ1) is 7.49. The lowest BCUT2D eigenvalue weighted by atomic mass is 9.96. The van der Waals surface area contributed by atoms with Gasteiger partial charge < -0.3 is 15.9 Å². The van der Waals surface area contributed by atoms with Crippen molar-refractivity contribution < 1.29 is 19.8 Å². The molecule has 0 aliphatic heterocycles. The number of anilines is 1. The standard InChI is InChI=1S/C11H13NO4/c1-2-8(13)6-4-3-5-7(12)9(6)10(14)11(15)16/h3-5,10,14H,2,12H2,1H3,(H,15,16). The highest BCUT2D eigenvalue weighted by atomic mass is 16.4. The number of ketones is 1. The van der Waals surface area contributed by atoms with Gasteiger partial charge in [0.05, 0.1) is 0 Å². The predicted molar refractivity (Wildman–Crippen MR) is 58.1 cm³/mol. The Hall–Kier alpha value is -1.88. The summed E-state index contributed by atoms with van der Waals surface area (Å²) in [5.41, 5.74) is 5.82. The van der Waals surface area contributed by atoms with Gasteiger partial charge in [-0.25, -0.2) is 4.79 Å². The molecule has 5 nitrogen and oxygen atoms in total. The van der Waals surface area contributed by atoms with Gasteiger partial charge in [-0.3, -0.25) is 4.79 Å². The number of nitrogens with two attached hydrogens (primary N) is 1. The topological polar surface area (TPSA) is 101 Å². The molecule has 0 aliphatic rings. The molecule has 0 saturated carbocycles. The summed E-state index contributed by atoms with van der Waals surface area (Å²) in [7, 11) is 0. The molecule has 16 heavy (non-hydrogen) atoms. The van der Waals surface area contributed by atoms with E-state index in [0.29, 0.717) is 0 Å². The zero-order chi connectivity index (χ0) is 12.3. The van der Waals surface area contributed by atoms with Crippen LogP contribution < -0.4 is 5.73 Å². The zero-order valence-electron chi connectivity index (χ0n) is 8.80. The highest BCUT2D eigenvalue weighted by Crippen LogP contribution is 2.25. The Kier molecular flexibility index (Phi) is 3.63. The summed E-state index contributed by atoms with van der Waals surface area (Å²) in [6.07, 6.45) is -1.55. The van der Waals surface area contributed by atoms with Crippen LogP contribution in [0.1, 0.15) is 35.4 Å². The van der Waals surface area contributed by atoms with E-state index in [4.69, 9.17) is 10.8 Å². The van der Waals surface area contributed by atoms with Crippen LogP contribution in [0.2, 0.25) is 0 Å². The summed E-state index contributed by atoms with van der Waals surface area (Å²) in [5.74, 6) is -1.68. The van der Waals surface area contributed by atoms with Gasteiger partial charge in [0.25, 0.3) is 0 Å². The first kappa shape index (κ1) is 12.2. The van der Waals surface area contributed by atoms with Gasteiger partial charge >= 0.3 is 5.97 Å². The average Bonchev–Trinajstić information content (AvgIpc) is 2.26. The lowest BCUT2D eigenvalue weighted by Gasteiger charge is -2.13. The predicted octanol–water partition coefficient (Wildman–Crippen LogP) is 0.980. The van der Waals surface area contributed by atoms with E-state index in [-0.39, 0.29) is 29.0 Å². The fraction of sp³-hybridized carbons (Fsp3) is 0.273. The van der Waals surface area contributed by atoms with Gasteiger partial charge in [-0.1, -0.05) is 19.1 Å². The van der Waals surface area contributed by atoms with Crippen LogP contribution in [0.5, 0.6) is 0 Å². The van der Waals surface area contributed by atoms with Crippen molar-refractivity contribution in [3.05, 3.63) is 29.3 Å². The summed E-state index contributed by atoms with van der Waals surface area (Å²) in [6, 6.07) is 4.47. The highest BCUT2D eigenvalue weighted by Gasteiger charge is 2.24. The third-order valence-electron chi connectivity index (χ3n) is 2.27. The second-order valence-corrected chi connectivity index (χ2v) is 3.33. The number of Topliss-reactive ketones (excluding diaryl/α,β-unsaturated/α-hetero) is 1. The number of carboxylic acids is 1. The molecule has 0 fully saturated rings. The van der Waals surface area contributed by atoms with E-state index in [1.807, 2.05) is 0 Å². The molecule has 4 N–H and O–H groups in total. The molecule has 5 heteroatoms. The van der Waals surface area contributed by atoms with E-state index in [1.165, 1.54) is 12.1 Å². The van der Waals surface area contributed by atoms with Crippen molar-refractivity contribution in [2.75, 3.05) is 5.73 Å². The molecule has 0 amide bonds. The van der Waals surface area contributed by atoms with E-state index in [1.54, 1.807) is 13.0 Å². The maximum atomic E-state index is 11.6. The summed E-state index contributed by atoms with van der Waals surface area (Å²) in [4.78, 5) is 22.3. The minimum Gasteiger partial charge on any atom is -0.479 e. The second-order valence-electron chi connectivity index (χ2n) is 3.33. The Morgan fingerprint density at radius 2 is 2.06 bits per heavy atom. The fourth-order valence-electron chi connectivity index (χ4n) is 1.45. The maximum absolute atomic E-state index is 11.6. The Morgan fingerprint density at radius 3 is 2.56 bits per heavy atom. The van der Waals surface area contributed by atoms with Crippen LogP contribution in [0, 0.1) is 0 Å². The Balaban J connectivity index is 3.34. The SMILES string of the molecule is CCC(=O)c1cccc(N)c1C(O)C(=O)O. The van der Waals surface area contributed by atoms with Crippen molar-refractivity contribution >= 4 is 17.4 Å². The van der Waals surface area contributed by atoms with E-state index in [2.05, 4.69) is 0 Å². The van der Waals surface area contributed by atoms with Crippen LogP contribution in [-0.2, 0) is 4.79 Å². The van der Waals surface area contributed by atoms with E-state index < -0.39 is 12.1 Å². The van der Waals surface area contributed by atoms with Crippen molar-refractivity contribution in [1.29, 1.82) is 0 Å². The van der Waals surface area contributed by atoms with Crippen molar-refractivity contribution in [3.8, 4) is 0 Å². The Labute approximate surface area is 92.5 Å². The second kappa shape index (κ2) is 4.76. The number of aliphatic carboxylic acids is 1. The molecule has 1 atom stereocenters. The lowest BCUT2D eigenvalue weighted by molar-refractivity contribution is -0.146. The molecular weight excluding hydrogens is 210 g/mol. The average molecular weight is 223 g/mol. The Morgan fingerprint density at radius 1 is 1.44 bits per heavy atom. The van der Waals surface area contributed by atoms with Gasteiger partial charge in [-0.05, 0) is 6.07 Å². The molecule has 1 unspecified atom stereocenters. The molecular formula is C11H13NO4. The van der Waals surface area contributed by atoms with Gasteiger partial charge in [0.1, 0.15) is 0 Å². The number of rotatable bonds is 4. The van der Waals surface area contributed by atoms with E-state index >= 15 is 0 Å². The number of nitrogen functional groups attached to an aromatic ring is 1. The van der Waals surface area contributed by atoms with Gasteiger partial charge in [0, 0.05) is 23.2 Å². The summed E-state index contributed by atoms with van der Waals surface area (Å²) < 4.78 is 0. The third kappa shape index (κ3) is 2.20. The minimum atomic E-state index is -1.77. The molecule has 1 rings (SSSR count). The molecule has 0 aromatic heterocycles. The molecule has 86 valence electrons. The lowest BCUT2D eigenvalue weighted by Crippen LogP contribution is -2.17. The number of carbonyl (C=O) groups excluding carboxylic acids is 1. The zero-order valence-corrected chi connectivity index (χ0v) is 8.80. The highest BCUT2D eigenvalue weighted by molar-refractivity contribution is 6.00. The number of carboxylic acid groups (broad SMARTS) is 1. The first-order valence-corrected chi connectivity index (χ1v) is 4.81. The number of aliphatic hydroxyl groups excluding tert-OH is 1. The monoisotopic (exact) mass is 223 g/mol. The molecule has 0 heterocycles. The summed E-state index contributed by atoms with van der Waals surface area (Å²) in [6.45, 7) is 1.66. The van der Waals surface area contributed by atoms with Crippen LogP contribution in [0.3, 0.4) is 0 Å². The Bertz CT molecular complexity index is 428. The number of benzene rings is 1. The number of carbonyl (C=O) groups is 2.